The predicted octanol–water partition coefficient (Wildman–Crippen LogP) is 3.41. The molecule has 6 nitrogen and oxygen atoms in total. The Labute approximate surface area is 156 Å². The van der Waals surface area contributed by atoms with Crippen LogP contribution in [0.1, 0.15) is 0 Å². The van der Waals surface area contributed by atoms with E-state index in [1.165, 1.54) is 7.11 Å². The molecule has 3 aromatic rings. The molecule has 0 saturated heterocycles. The summed E-state index contributed by atoms with van der Waals surface area (Å²) in [6, 6.07) is 20.4. The van der Waals surface area contributed by atoms with E-state index < -0.39 is 18.5 Å². The molecule has 1 N–H and O–H groups in total. The number of carbonyl (C=O) groups excluding carboxylic acids is 2. The van der Waals surface area contributed by atoms with E-state index in [-0.39, 0.29) is 6.61 Å². The Morgan fingerprint density at radius 3 is 2.44 bits per heavy atom. The van der Waals surface area contributed by atoms with Gasteiger partial charge in [-0.25, -0.2) is 4.79 Å². The fraction of sp³-hybridized carbons (Fsp3) is 0.143. The average molecular weight is 365 g/mol. The maximum atomic E-state index is 11.9. The van der Waals surface area contributed by atoms with Gasteiger partial charge < -0.3 is 19.5 Å². The number of benzene rings is 3. The van der Waals surface area contributed by atoms with Crippen molar-refractivity contribution in [1.82, 2.24) is 0 Å². The van der Waals surface area contributed by atoms with Crippen LogP contribution in [0.5, 0.6) is 11.5 Å². The zero-order chi connectivity index (χ0) is 19.1. The van der Waals surface area contributed by atoms with Crippen LogP contribution in [0.3, 0.4) is 0 Å². The van der Waals surface area contributed by atoms with Crippen LogP contribution in [0.4, 0.5) is 5.69 Å². The van der Waals surface area contributed by atoms with Crippen LogP contribution >= 0.6 is 0 Å². The minimum atomic E-state index is -0.627. The minimum Gasteiger partial charge on any atom is -0.495 e. The third kappa shape index (κ3) is 4.98. The first-order valence-electron chi connectivity index (χ1n) is 8.36. The van der Waals surface area contributed by atoms with Crippen molar-refractivity contribution in [3.05, 3.63) is 66.7 Å². The standard InChI is InChI=1S/C21H19NO5/c1-25-19-9-5-4-8-18(19)22-20(23)13-27-21(24)14-26-17-11-10-15-6-2-3-7-16(15)12-17/h2-12H,13-14H2,1H3,(H,22,23). The molecule has 3 rings (SSSR count). The van der Waals surface area contributed by atoms with Gasteiger partial charge in [0.15, 0.2) is 13.2 Å². The molecule has 0 aliphatic heterocycles. The zero-order valence-electron chi connectivity index (χ0n) is 14.8. The second kappa shape index (κ2) is 8.71. The molecule has 0 spiro atoms. The highest BCUT2D eigenvalue weighted by Crippen LogP contribution is 2.23. The Kier molecular flexibility index (Phi) is 5.89. The maximum absolute atomic E-state index is 11.9. The van der Waals surface area contributed by atoms with Crippen molar-refractivity contribution in [2.75, 3.05) is 25.6 Å². The summed E-state index contributed by atoms with van der Waals surface area (Å²) in [7, 11) is 1.51. The molecular weight excluding hydrogens is 346 g/mol. The quantitative estimate of drug-likeness (QED) is 0.650. The summed E-state index contributed by atoms with van der Waals surface area (Å²) < 4.78 is 15.5. The number of hydrogen-bond acceptors (Lipinski definition) is 5. The zero-order valence-corrected chi connectivity index (χ0v) is 14.8. The fourth-order valence-corrected chi connectivity index (χ4v) is 2.52. The first-order chi connectivity index (χ1) is 13.2. The van der Waals surface area contributed by atoms with Gasteiger partial charge in [0.05, 0.1) is 12.8 Å². The van der Waals surface area contributed by atoms with Gasteiger partial charge in [0.2, 0.25) is 0 Å². The summed E-state index contributed by atoms with van der Waals surface area (Å²) in [6.45, 7) is -0.682. The second-order valence-electron chi connectivity index (χ2n) is 5.71. The van der Waals surface area contributed by atoms with Gasteiger partial charge in [-0.1, -0.05) is 42.5 Å². The molecule has 0 unspecified atom stereocenters. The molecule has 0 aromatic heterocycles. The van der Waals surface area contributed by atoms with Crippen LogP contribution < -0.4 is 14.8 Å². The van der Waals surface area contributed by atoms with Crippen LogP contribution in [-0.4, -0.2) is 32.2 Å². The molecule has 27 heavy (non-hydrogen) atoms. The molecule has 0 bridgehead atoms. The van der Waals surface area contributed by atoms with Gasteiger partial charge in [0, 0.05) is 0 Å². The number of fused-ring (bicyclic) bond motifs is 1. The van der Waals surface area contributed by atoms with Crippen molar-refractivity contribution in [3.63, 3.8) is 0 Å². The van der Waals surface area contributed by atoms with E-state index in [1.54, 1.807) is 30.3 Å². The van der Waals surface area contributed by atoms with E-state index in [2.05, 4.69) is 5.32 Å². The summed E-state index contributed by atoms with van der Waals surface area (Å²) >= 11 is 0. The summed E-state index contributed by atoms with van der Waals surface area (Å²) in [5, 5.41) is 4.73. The molecule has 138 valence electrons. The van der Waals surface area contributed by atoms with Crippen molar-refractivity contribution < 1.29 is 23.8 Å². The predicted molar refractivity (Wildman–Crippen MR) is 102 cm³/mol. The Morgan fingerprint density at radius 2 is 1.63 bits per heavy atom. The van der Waals surface area contributed by atoms with Gasteiger partial charge in [-0.3, -0.25) is 4.79 Å². The number of rotatable bonds is 7. The highest BCUT2D eigenvalue weighted by molar-refractivity contribution is 5.94. The van der Waals surface area contributed by atoms with Gasteiger partial charge in [-0.05, 0) is 35.0 Å². The topological polar surface area (TPSA) is 73.9 Å². The molecular formula is C21H19NO5. The van der Waals surface area contributed by atoms with Crippen molar-refractivity contribution in [3.8, 4) is 11.5 Å². The molecule has 0 aliphatic rings. The highest BCUT2D eigenvalue weighted by Gasteiger charge is 2.11. The van der Waals surface area contributed by atoms with Crippen LogP contribution in [-0.2, 0) is 14.3 Å². The van der Waals surface area contributed by atoms with E-state index in [4.69, 9.17) is 14.2 Å². The van der Waals surface area contributed by atoms with Gasteiger partial charge >= 0.3 is 5.97 Å². The highest BCUT2D eigenvalue weighted by atomic mass is 16.6. The van der Waals surface area contributed by atoms with E-state index in [0.717, 1.165) is 10.8 Å². The maximum Gasteiger partial charge on any atom is 0.344 e. The Balaban J connectivity index is 1.46. The first kappa shape index (κ1) is 18.3. The lowest BCUT2D eigenvalue weighted by Crippen LogP contribution is -2.23. The van der Waals surface area contributed by atoms with Crippen molar-refractivity contribution >= 4 is 28.3 Å². The number of carbonyl (C=O) groups is 2. The molecule has 0 aliphatic carbocycles. The lowest BCUT2D eigenvalue weighted by molar-refractivity contribution is -0.149. The first-order valence-corrected chi connectivity index (χ1v) is 8.36. The van der Waals surface area contributed by atoms with Gasteiger partial charge in [-0.2, -0.15) is 0 Å². The van der Waals surface area contributed by atoms with E-state index in [9.17, 15) is 9.59 Å². The fourth-order valence-electron chi connectivity index (χ4n) is 2.52. The summed E-state index contributed by atoms with van der Waals surface area (Å²) in [5.41, 5.74) is 0.508. The monoisotopic (exact) mass is 365 g/mol. The molecule has 0 saturated carbocycles. The number of anilines is 1. The number of ether oxygens (including phenoxy) is 3. The van der Waals surface area contributed by atoms with E-state index >= 15 is 0 Å². The van der Waals surface area contributed by atoms with Gasteiger partial charge in [-0.15, -0.1) is 0 Å². The third-order valence-electron chi connectivity index (χ3n) is 3.82. The molecule has 0 heterocycles. The van der Waals surface area contributed by atoms with Crippen molar-refractivity contribution in [1.29, 1.82) is 0 Å². The van der Waals surface area contributed by atoms with Crippen LogP contribution in [0, 0.1) is 0 Å². The van der Waals surface area contributed by atoms with Crippen LogP contribution in [0.2, 0.25) is 0 Å². The van der Waals surface area contributed by atoms with E-state index in [1.807, 2.05) is 36.4 Å². The molecule has 1 amide bonds. The van der Waals surface area contributed by atoms with Crippen molar-refractivity contribution in [2.45, 2.75) is 0 Å². The molecule has 0 fully saturated rings. The number of hydrogen-bond donors (Lipinski definition) is 1. The van der Waals surface area contributed by atoms with Gasteiger partial charge in [0.25, 0.3) is 5.91 Å². The number of methoxy groups -OCH3 is 1. The Bertz CT molecular complexity index is 954. The van der Waals surface area contributed by atoms with E-state index in [0.29, 0.717) is 17.2 Å². The van der Waals surface area contributed by atoms with Crippen LogP contribution in [0.15, 0.2) is 66.7 Å². The van der Waals surface area contributed by atoms with Crippen molar-refractivity contribution in [2.24, 2.45) is 0 Å². The molecule has 6 heteroatoms. The normalized spacial score (nSPS) is 10.3. The lowest BCUT2D eigenvalue weighted by atomic mass is 10.1. The Hall–Kier alpha value is -3.54. The van der Waals surface area contributed by atoms with Gasteiger partial charge in [0.1, 0.15) is 11.5 Å². The molecule has 3 aromatic carbocycles. The lowest BCUT2D eigenvalue weighted by Gasteiger charge is -2.10. The third-order valence-corrected chi connectivity index (χ3v) is 3.82. The molecule has 0 atom stereocenters. The largest absolute Gasteiger partial charge is 0.495 e. The molecule has 0 radical (unpaired) electrons. The van der Waals surface area contributed by atoms with Crippen LogP contribution in [0.25, 0.3) is 10.8 Å². The second-order valence-corrected chi connectivity index (χ2v) is 5.71. The SMILES string of the molecule is COc1ccccc1NC(=O)COC(=O)COc1ccc2ccccc2c1. The summed E-state index contributed by atoms with van der Waals surface area (Å²) in [5.74, 6) is -0.00201. The summed E-state index contributed by atoms with van der Waals surface area (Å²) in [4.78, 5) is 23.7. The average Bonchev–Trinajstić information content (AvgIpc) is 2.71. The number of esters is 1. The smallest absolute Gasteiger partial charge is 0.344 e. The number of amides is 1. The number of para-hydroxylation sites is 2. The summed E-state index contributed by atoms with van der Waals surface area (Å²) in [6.07, 6.45) is 0. The minimum absolute atomic E-state index is 0.278. The number of nitrogens with one attached hydrogen (secondary N) is 1. The Morgan fingerprint density at radius 1 is 0.889 bits per heavy atom.